The maximum Gasteiger partial charge on any atom is 0.223 e. The molecule has 0 aliphatic heterocycles. The minimum Gasteiger partial charge on any atom is -0.356 e. The van der Waals surface area contributed by atoms with Crippen LogP contribution in [0.1, 0.15) is 18.9 Å². The second-order valence-electron chi connectivity index (χ2n) is 3.36. The van der Waals surface area contributed by atoms with Gasteiger partial charge in [0.25, 0.3) is 0 Å². The summed E-state index contributed by atoms with van der Waals surface area (Å²) in [6.07, 6.45) is 5.11. The molecule has 80 valence electrons. The summed E-state index contributed by atoms with van der Waals surface area (Å²) in [5, 5.41) is 2.88. The van der Waals surface area contributed by atoms with E-state index in [1.54, 1.807) is 0 Å². The molecule has 1 N–H and O–H groups in total. The van der Waals surface area contributed by atoms with Gasteiger partial charge in [0, 0.05) is 13.0 Å². The van der Waals surface area contributed by atoms with E-state index in [9.17, 15) is 4.79 Å². The van der Waals surface area contributed by atoms with Gasteiger partial charge in [-0.15, -0.1) is 0 Å². The quantitative estimate of drug-likeness (QED) is 0.731. The van der Waals surface area contributed by atoms with Crippen LogP contribution >= 0.6 is 0 Å². The largest absolute Gasteiger partial charge is 0.356 e. The lowest BCUT2D eigenvalue weighted by molar-refractivity contribution is -0.120. The van der Waals surface area contributed by atoms with Crippen molar-refractivity contribution in [1.82, 2.24) is 5.32 Å². The number of hydrogen-bond acceptors (Lipinski definition) is 1. The molecule has 0 saturated heterocycles. The zero-order chi connectivity index (χ0) is 10.9. The van der Waals surface area contributed by atoms with Crippen molar-refractivity contribution in [3.63, 3.8) is 0 Å². The molecule has 0 unspecified atom stereocenters. The summed E-state index contributed by atoms with van der Waals surface area (Å²) in [6, 6.07) is 10.2. The summed E-state index contributed by atoms with van der Waals surface area (Å²) in [5.41, 5.74) is 1.25. The minimum atomic E-state index is 0.0871. The summed E-state index contributed by atoms with van der Waals surface area (Å²) >= 11 is 0. The molecule has 1 aromatic carbocycles. The number of benzene rings is 1. The Kier molecular flexibility index (Phi) is 5.23. The molecule has 1 aromatic rings. The summed E-state index contributed by atoms with van der Waals surface area (Å²) in [5.74, 6) is 0.0871. The SMILES string of the molecule is C/C=C/CC(=O)NCCc1ccccc1. The Morgan fingerprint density at radius 2 is 2.07 bits per heavy atom. The van der Waals surface area contributed by atoms with E-state index in [0.717, 1.165) is 6.42 Å². The molecular weight excluding hydrogens is 186 g/mol. The number of amides is 1. The van der Waals surface area contributed by atoms with Crippen molar-refractivity contribution < 1.29 is 4.79 Å². The second kappa shape index (κ2) is 6.82. The summed E-state index contributed by atoms with van der Waals surface area (Å²) in [4.78, 5) is 11.2. The lowest BCUT2D eigenvalue weighted by atomic mass is 10.1. The number of rotatable bonds is 5. The van der Waals surface area contributed by atoms with Gasteiger partial charge in [-0.05, 0) is 18.9 Å². The molecule has 0 fully saturated rings. The molecule has 0 atom stereocenters. The molecule has 0 radical (unpaired) electrons. The fourth-order valence-electron chi connectivity index (χ4n) is 1.29. The third-order valence-corrected chi connectivity index (χ3v) is 2.12. The third-order valence-electron chi connectivity index (χ3n) is 2.12. The first-order valence-electron chi connectivity index (χ1n) is 5.24. The van der Waals surface area contributed by atoms with Crippen LogP contribution < -0.4 is 5.32 Å². The van der Waals surface area contributed by atoms with Gasteiger partial charge >= 0.3 is 0 Å². The van der Waals surface area contributed by atoms with E-state index in [4.69, 9.17) is 0 Å². The molecule has 0 aromatic heterocycles. The average Bonchev–Trinajstić information content (AvgIpc) is 2.28. The minimum absolute atomic E-state index is 0.0871. The number of nitrogens with one attached hydrogen (secondary N) is 1. The predicted molar refractivity (Wildman–Crippen MR) is 62.6 cm³/mol. The van der Waals surface area contributed by atoms with E-state index in [-0.39, 0.29) is 5.91 Å². The van der Waals surface area contributed by atoms with Gasteiger partial charge < -0.3 is 5.32 Å². The molecule has 0 saturated carbocycles. The van der Waals surface area contributed by atoms with Crippen LogP contribution in [0.2, 0.25) is 0 Å². The molecule has 0 aliphatic carbocycles. The Hall–Kier alpha value is -1.57. The maximum absolute atomic E-state index is 11.2. The van der Waals surface area contributed by atoms with Gasteiger partial charge in [-0.2, -0.15) is 0 Å². The van der Waals surface area contributed by atoms with Crippen LogP contribution in [-0.2, 0) is 11.2 Å². The normalized spacial score (nSPS) is 10.5. The molecule has 0 bridgehead atoms. The summed E-state index contributed by atoms with van der Waals surface area (Å²) < 4.78 is 0. The second-order valence-corrected chi connectivity index (χ2v) is 3.36. The number of allylic oxidation sites excluding steroid dienone is 1. The van der Waals surface area contributed by atoms with Crippen molar-refractivity contribution in [2.45, 2.75) is 19.8 Å². The Balaban J connectivity index is 2.19. The van der Waals surface area contributed by atoms with Crippen LogP contribution in [0.25, 0.3) is 0 Å². The van der Waals surface area contributed by atoms with Gasteiger partial charge in [-0.1, -0.05) is 42.5 Å². The molecule has 2 nitrogen and oxygen atoms in total. The van der Waals surface area contributed by atoms with Crippen LogP contribution in [0, 0.1) is 0 Å². The highest BCUT2D eigenvalue weighted by Gasteiger charge is 1.96. The van der Waals surface area contributed by atoms with Crippen molar-refractivity contribution in [2.75, 3.05) is 6.54 Å². The zero-order valence-electron chi connectivity index (χ0n) is 9.07. The fraction of sp³-hybridized carbons (Fsp3) is 0.308. The Labute approximate surface area is 91.0 Å². The Morgan fingerprint density at radius 3 is 2.73 bits per heavy atom. The number of carbonyl (C=O) groups excluding carboxylic acids is 1. The third kappa shape index (κ3) is 5.01. The van der Waals surface area contributed by atoms with Crippen molar-refractivity contribution in [3.8, 4) is 0 Å². The highest BCUT2D eigenvalue weighted by molar-refractivity contribution is 5.77. The Morgan fingerprint density at radius 1 is 1.33 bits per heavy atom. The van der Waals surface area contributed by atoms with Crippen LogP contribution in [0.4, 0.5) is 0 Å². The van der Waals surface area contributed by atoms with E-state index in [0.29, 0.717) is 13.0 Å². The van der Waals surface area contributed by atoms with Crippen LogP contribution in [0.3, 0.4) is 0 Å². The molecule has 15 heavy (non-hydrogen) atoms. The van der Waals surface area contributed by atoms with Crippen molar-refractivity contribution in [3.05, 3.63) is 48.0 Å². The van der Waals surface area contributed by atoms with E-state index in [2.05, 4.69) is 17.4 Å². The van der Waals surface area contributed by atoms with Crippen LogP contribution in [0.15, 0.2) is 42.5 Å². The fourth-order valence-corrected chi connectivity index (χ4v) is 1.29. The van der Waals surface area contributed by atoms with Crippen LogP contribution in [0.5, 0.6) is 0 Å². The zero-order valence-corrected chi connectivity index (χ0v) is 9.07. The van der Waals surface area contributed by atoms with Gasteiger partial charge in [-0.3, -0.25) is 4.79 Å². The lowest BCUT2D eigenvalue weighted by Gasteiger charge is -2.03. The molecule has 2 heteroatoms. The maximum atomic E-state index is 11.2. The summed E-state index contributed by atoms with van der Waals surface area (Å²) in [6.45, 7) is 2.62. The van der Waals surface area contributed by atoms with Crippen molar-refractivity contribution in [2.24, 2.45) is 0 Å². The van der Waals surface area contributed by atoms with Gasteiger partial charge in [0.2, 0.25) is 5.91 Å². The molecular formula is C13H17NO. The molecule has 0 aliphatic rings. The van der Waals surface area contributed by atoms with E-state index < -0.39 is 0 Å². The van der Waals surface area contributed by atoms with Crippen molar-refractivity contribution >= 4 is 5.91 Å². The summed E-state index contributed by atoms with van der Waals surface area (Å²) in [7, 11) is 0. The van der Waals surface area contributed by atoms with Crippen LogP contribution in [-0.4, -0.2) is 12.5 Å². The highest BCUT2D eigenvalue weighted by Crippen LogP contribution is 1.98. The molecule has 1 amide bonds. The lowest BCUT2D eigenvalue weighted by Crippen LogP contribution is -2.24. The van der Waals surface area contributed by atoms with Gasteiger partial charge in [0.05, 0.1) is 0 Å². The van der Waals surface area contributed by atoms with Gasteiger partial charge in [0.15, 0.2) is 0 Å². The predicted octanol–water partition coefficient (Wildman–Crippen LogP) is 2.31. The Bertz CT molecular complexity index is 317. The van der Waals surface area contributed by atoms with Gasteiger partial charge in [0.1, 0.15) is 0 Å². The topological polar surface area (TPSA) is 29.1 Å². The highest BCUT2D eigenvalue weighted by atomic mass is 16.1. The average molecular weight is 203 g/mol. The smallest absolute Gasteiger partial charge is 0.223 e. The van der Waals surface area contributed by atoms with E-state index in [1.165, 1.54) is 5.56 Å². The number of hydrogen-bond donors (Lipinski definition) is 1. The molecule has 1 rings (SSSR count). The number of carbonyl (C=O) groups is 1. The standard InChI is InChI=1S/C13H17NO/c1-2-3-9-13(15)14-11-10-12-7-5-4-6-8-12/h2-8H,9-11H2,1H3,(H,14,15)/b3-2+. The van der Waals surface area contributed by atoms with E-state index >= 15 is 0 Å². The molecule has 0 heterocycles. The monoisotopic (exact) mass is 203 g/mol. The van der Waals surface area contributed by atoms with E-state index in [1.807, 2.05) is 37.3 Å². The van der Waals surface area contributed by atoms with Crippen molar-refractivity contribution in [1.29, 1.82) is 0 Å². The first-order valence-corrected chi connectivity index (χ1v) is 5.24. The molecule has 0 spiro atoms. The first-order chi connectivity index (χ1) is 7.33. The van der Waals surface area contributed by atoms with Gasteiger partial charge in [-0.25, -0.2) is 0 Å². The first kappa shape index (κ1) is 11.5.